The van der Waals surface area contributed by atoms with E-state index in [4.69, 9.17) is 4.42 Å². The molecule has 2 nitrogen and oxygen atoms in total. The lowest BCUT2D eigenvalue weighted by molar-refractivity contribution is 0.670. The lowest BCUT2D eigenvalue weighted by Crippen LogP contribution is -2.10. The molecule has 0 saturated heterocycles. The van der Waals surface area contributed by atoms with Gasteiger partial charge in [-0.05, 0) is 81.4 Å². The van der Waals surface area contributed by atoms with Gasteiger partial charge in [-0.1, -0.05) is 158 Å². The van der Waals surface area contributed by atoms with Gasteiger partial charge in [0.1, 0.15) is 11.2 Å². The second kappa shape index (κ2) is 12.8. The lowest BCUT2D eigenvalue weighted by Gasteiger charge is -2.27. The van der Waals surface area contributed by atoms with Crippen molar-refractivity contribution in [3.05, 3.63) is 200 Å². The molecule has 8 aromatic carbocycles. The predicted octanol–water partition coefficient (Wildman–Crippen LogP) is 13.7. The molecule has 0 radical (unpaired) electrons. The van der Waals surface area contributed by atoms with Crippen molar-refractivity contribution in [1.82, 2.24) is 0 Å². The number of anilines is 3. The van der Waals surface area contributed by atoms with Crippen LogP contribution in [0.1, 0.15) is 0 Å². The van der Waals surface area contributed by atoms with Crippen molar-refractivity contribution in [2.75, 3.05) is 4.90 Å². The van der Waals surface area contributed by atoms with E-state index in [1.165, 1.54) is 22.3 Å². The van der Waals surface area contributed by atoms with Crippen molar-refractivity contribution >= 4 is 39.0 Å². The zero-order valence-electron chi connectivity index (χ0n) is 27.4. The van der Waals surface area contributed by atoms with Crippen LogP contribution in [0.15, 0.2) is 205 Å². The Bertz CT molecular complexity index is 2470. The van der Waals surface area contributed by atoms with Gasteiger partial charge >= 0.3 is 0 Å². The molecule has 1 heterocycles. The monoisotopic (exact) mass is 639 g/mol. The molecule has 236 valence electrons. The summed E-state index contributed by atoms with van der Waals surface area (Å²) in [7, 11) is 0. The highest BCUT2D eigenvalue weighted by Gasteiger charge is 2.20. The molecule has 0 aliphatic rings. The van der Waals surface area contributed by atoms with Gasteiger partial charge in [0.05, 0.1) is 0 Å². The summed E-state index contributed by atoms with van der Waals surface area (Å²) in [4.78, 5) is 2.35. The molecule has 0 aliphatic carbocycles. The third-order valence-corrected chi connectivity index (χ3v) is 9.51. The first-order chi connectivity index (χ1) is 24.8. The van der Waals surface area contributed by atoms with Crippen LogP contribution in [0.5, 0.6) is 0 Å². The van der Waals surface area contributed by atoms with Crippen molar-refractivity contribution in [2.24, 2.45) is 0 Å². The fourth-order valence-electron chi connectivity index (χ4n) is 7.04. The zero-order chi connectivity index (χ0) is 33.3. The average Bonchev–Trinajstić information content (AvgIpc) is 3.59. The SMILES string of the molecule is c1ccc(-c2ccc(N(c3ccc(-c4ccccc4)cc3)c3ccc(-c4ccccc4)c(-c4cccc5c4oc4ccccc45)c3)cc2)cc1. The quantitative estimate of drug-likeness (QED) is 0.173. The van der Waals surface area contributed by atoms with Gasteiger partial charge < -0.3 is 9.32 Å². The summed E-state index contributed by atoms with van der Waals surface area (Å²) in [5, 5.41) is 2.24. The van der Waals surface area contributed by atoms with Crippen molar-refractivity contribution in [2.45, 2.75) is 0 Å². The third kappa shape index (κ3) is 5.43. The summed E-state index contributed by atoms with van der Waals surface area (Å²) in [5.41, 5.74) is 14.3. The molecule has 0 saturated carbocycles. The number of para-hydroxylation sites is 2. The second-order valence-corrected chi connectivity index (χ2v) is 12.5. The highest BCUT2D eigenvalue weighted by Crippen LogP contribution is 2.44. The molecular weight excluding hydrogens is 607 g/mol. The second-order valence-electron chi connectivity index (χ2n) is 12.5. The molecule has 0 aliphatic heterocycles. The smallest absolute Gasteiger partial charge is 0.143 e. The number of hydrogen-bond donors (Lipinski definition) is 0. The van der Waals surface area contributed by atoms with E-state index in [2.05, 4.69) is 193 Å². The van der Waals surface area contributed by atoms with Crippen LogP contribution in [0.25, 0.3) is 66.4 Å². The van der Waals surface area contributed by atoms with Gasteiger partial charge in [0.2, 0.25) is 0 Å². The number of hydrogen-bond acceptors (Lipinski definition) is 2. The van der Waals surface area contributed by atoms with Gasteiger partial charge in [-0.2, -0.15) is 0 Å². The van der Waals surface area contributed by atoms with Crippen LogP contribution < -0.4 is 4.90 Å². The van der Waals surface area contributed by atoms with Crippen LogP contribution in [0.4, 0.5) is 17.1 Å². The number of nitrogens with zero attached hydrogens (tertiary/aromatic N) is 1. The van der Waals surface area contributed by atoms with Gasteiger partial charge in [-0.3, -0.25) is 0 Å². The van der Waals surface area contributed by atoms with Crippen LogP contribution in [0, 0.1) is 0 Å². The molecule has 9 aromatic rings. The average molecular weight is 640 g/mol. The molecule has 0 spiro atoms. The number of fused-ring (bicyclic) bond motifs is 3. The summed E-state index contributed by atoms with van der Waals surface area (Å²) in [6, 6.07) is 71.0. The van der Waals surface area contributed by atoms with Gasteiger partial charge in [0, 0.05) is 33.4 Å². The minimum Gasteiger partial charge on any atom is -0.455 e. The molecule has 0 fully saturated rings. The minimum absolute atomic E-state index is 0.894. The molecule has 0 amide bonds. The van der Waals surface area contributed by atoms with Gasteiger partial charge in [0.15, 0.2) is 0 Å². The number of furan rings is 1. The maximum absolute atomic E-state index is 6.60. The summed E-state index contributed by atoms with van der Waals surface area (Å²) in [6.45, 7) is 0. The Hall–Kier alpha value is -6.64. The van der Waals surface area contributed by atoms with Crippen LogP contribution in [0.3, 0.4) is 0 Å². The van der Waals surface area contributed by atoms with Crippen molar-refractivity contribution < 1.29 is 4.42 Å². The fraction of sp³-hybridized carbons (Fsp3) is 0. The Balaban J connectivity index is 1.24. The van der Waals surface area contributed by atoms with Gasteiger partial charge in [-0.15, -0.1) is 0 Å². The lowest BCUT2D eigenvalue weighted by atomic mass is 9.92. The first kappa shape index (κ1) is 29.5. The maximum Gasteiger partial charge on any atom is 0.143 e. The van der Waals surface area contributed by atoms with Gasteiger partial charge in [-0.25, -0.2) is 0 Å². The van der Waals surface area contributed by atoms with Crippen molar-refractivity contribution in [1.29, 1.82) is 0 Å². The Morgan fingerprint density at radius 1 is 0.300 bits per heavy atom. The normalized spacial score (nSPS) is 11.2. The van der Waals surface area contributed by atoms with E-state index in [0.29, 0.717) is 0 Å². The van der Waals surface area contributed by atoms with E-state index in [9.17, 15) is 0 Å². The summed E-state index contributed by atoms with van der Waals surface area (Å²) in [5.74, 6) is 0. The standard InChI is InChI=1S/C48H33NO/c1-4-13-34(14-5-1)36-23-27-39(28-24-36)49(40-29-25-37(26-30-40)35-15-6-2-7-16-35)41-31-32-42(38-17-8-3-9-18-38)46(33-41)45-21-12-20-44-43-19-10-11-22-47(43)50-48(44)45/h1-33H. The summed E-state index contributed by atoms with van der Waals surface area (Å²) >= 11 is 0. The van der Waals surface area contributed by atoms with Gasteiger partial charge in [0.25, 0.3) is 0 Å². The van der Waals surface area contributed by atoms with Crippen LogP contribution in [0.2, 0.25) is 0 Å². The summed E-state index contributed by atoms with van der Waals surface area (Å²) in [6.07, 6.45) is 0. The highest BCUT2D eigenvalue weighted by molar-refractivity contribution is 6.11. The molecule has 1 aromatic heterocycles. The Morgan fingerprint density at radius 2 is 0.780 bits per heavy atom. The first-order valence-corrected chi connectivity index (χ1v) is 17.0. The third-order valence-electron chi connectivity index (χ3n) is 9.51. The molecule has 0 bridgehead atoms. The number of rotatable bonds is 7. The van der Waals surface area contributed by atoms with Crippen molar-refractivity contribution in [3.63, 3.8) is 0 Å². The Labute approximate surface area is 292 Å². The maximum atomic E-state index is 6.60. The molecule has 50 heavy (non-hydrogen) atoms. The largest absolute Gasteiger partial charge is 0.455 e. The fourth-order valence-corrected chi connectivity index (χ4v) is 7.04. The Morgan fingerprint density at radius 3 is 1.38 bits per heavy atom. The Kier molecular flexibility index (Phi) is 7.53. The predicted molar refractivity (Wildman–Crippen MR) is 210 cm³/mol. The van der Waals surface area contributed by atoms with E-state index < -0.39 is 0 Å². The van der Waals surface area contributed by atoms with E-state index in [1.807, 2.05) is 12.1 Å². The van der Waals surface area contributed by atoms with Crippen LogP contribution >= 0.6 is 0 Å². The van der Waals surface area contributed by atoms with E-state index in [1.54, 1.807) is 0 Å². The minimum atomic E-state index is 0.894. The molecular formula is C48H33NO. The number of benzene rings is 8. The first-order valence-electron chi connectivity index (χ1n) is 17.0. The molecule has 0 N–H and O–H groups in total. The topological polar surface area (TPSA) is 16.4 Å². The molecule has 2 heteroatoms. The van der Waals surface area contributed by atoms with Crippen molar-refractivity contribution in [3.8, 4) is 44.5 Å². The summed E-state index contributed by atoms with van der Waals surface area (Å²) < 4.78 is 6.60. The highest BCUT2D eigenvalue weighted by atomic mass is 16.3. The van der Waals surface area contributed by atoms with Crippen LogP contribution in [-0.2, 0) is 0 Å². The zero-order valence-corrected chi connectivity index (χ0v) is 27.4. The van der Waals surface area contributed by atoms with E-state index in [-0.39, 0.29) is 0 Å². The van der Waals surface area contributed by atoms with Crippen LogP contribution in [-0.4, -0.2) is 0 Å². The van der Waals surface area contributed by atoms with E-state index >= 15 is 0 Å². The molecule has 9 rings (SSSR count). The molecule has 0 unspecified atom stereocenters. The molecule has 0 atom stereocenters. The van der Waals surface area contributed by atoms with E-state index in [0.717, 1.165) is 61.3 Å².